The van der Waals surface area contributed by atoms with E-state index in [2.05, 4.69) is 187 Å². The summed E-state index contributed by atoms with van der Waals surface area (Å²) in [4.78, 5) is 5.66. The number of amidine groups is 1. The second kappa shape index (κ2) is 12.1. The van der Waals surface area contributed by atoms with E-state index in [4.69, 9.17) is 9.73 Å². The van der Waals surface area contributed by atoms with Crippen molar-refractivity contribution in [2.45, 2.75) is 17.9 Å². The Bertz CT molecular complexity index is 2320. The van der Waals surface area contributed by atoms with Gasteiger partial charge in [0.1, 0.15) is 17.3 Å². The van der Waals surface area contributed by atoms with Crippen molar-refractivity contribution in [1.29, 1.82) is 0 Å². The molecule has 2 heterocycles. The molecule has 9 rings (SSSR count). The van der Waals surface area contributed by atoms with Gasteiger partial charge in [-0.2, -0.15) is 0 Å². The Labute approximate surface area is 286 Å². The Morgan fingerprint density at radius 3 is 1.90 bits per heavy atom. The second-order valence-corrected chi connectivity index (χ2v) is 12.7. The van der Waals surface area contributed by atoms with Gasteiger partial charge in [0.2, 0.25) is 0 Å². The van der Waals surface area contributed by atoms with Gasteiger partial charge in [0.05, 0.1) is 11.5 Å². The quantitative estimate of drug-likeness (QED) is 0.205. The first-order valence-corrected chi connectivity index (χ1v) is 16.9. The van der Waals surface area contributed by atoms with E-state index >= 15 is 0 Å². The summed E-state index contributed by atoms with van der Waals surface area (Å²) in [5.74, 6) is 2.60. The number of nitrogens with zero attached hydrogens (tertiary/aromatic N) is 1. The van der Waals surface area contributed by atoms with Gasteiger partial charge in [-0.3, -0.25) is 4.99 Å². The van der Waals surface area contributed by atoms with Crippen LogP contribution in [0.4, 0.5) is 0 Å². The van der Waals surface area contributed by atoms with E-state index in [1.165, 1.54) is 27.5 Å². The lowest BCUT2D eigenvalue weighted by atomic mass is 9.62. The molecule has 1 atom stereocenters. The van der Waals surface area contributed by atoms with E-state index < -0.39 is 5.41 Å². The zero-order valence-corrected chi connectivity index (χ0v) is 27.0. The van der Waals surface area contributed by atoms with Crippen LogP contribution in [0.3, 0.4) is 0 Å². The normalized spacial score (nSPS) is 16.2. The minimum Gasteiger partial charge on any atom is -0.457 e. The van der Waals surface area contributed by atoms with Gasteiger partial charge in [0.25, 0.3) is 0 Å². The summed E-state index contributed by atoms with van der Waals surface area (Å²) in [5, 5.41) is 6.16. The summed E-state index contributed by atoms with van der Waals surface area (Å²) in [7, 11) is 0. The van der Waals surface area contributed by atoms with Gasteiger partial charge in [-0.25, -0.2) is 0 Å². The fourth-order valence-corrected chi connectivity index (χ4v) is 7.79. The van der Waals surface area contributed by atoms with Gasteiger partial charge in [0, 0.05) is 22.4 Å². The Hall–Kier alpha value is -6.19. The first-order valence-electron chi connectivity index (χ1n) is 16.9. The first-order chi connectivity index (χ1) is 24.3. The Morgan fingerprint density at radius 1 is 0.551 bits per heavy atom. The molecule has 0 amide bonds. The zero-order valence-electron chi connectivity index (χ0n) is 27.0. The number of benzene rings is 7. The minimum atomic E-state index is -0.635. The van der Waals surface area contributed by atoms with Crippen molar-refractivity contribution in [2.24, 2.45) is 4.99 Å². The third kappa shape index (κ3) is 4.86. The smallest absolute Gasteiger partial charge is 0.133 e. The SMILES string of the molecule is C1=C(c2ccccc2)NC(c2cccc3ccccc23)=NC(c2ccccc2C2(c3ccccc3)c3ccccc3Oc3ccccc32)C1. The molecule has 234 valence electrons. The van der Waals surface area contributed by atoms with Crippen LogP contribution < -0.4 is 10.1 Å². The van der Waals surface area contributed by atoms with Crippen molar-refractivity contribution >= 4 is 22.3 Å². The van der Waals surface area contributed by atoms with E-state index in [-0.39, 0.29) is 6.04 Å². The summed E-state index contributed by atoms with van der Waals surface area (Å²) in [6.45, 7) is 0. The maximum absolute atomic E-state index is 6.61. The lowest BCUT2D eigenvalue weighted by Gasteiger charge is -2.42. The summed E-state index contributed by atoms with van der Waals surface area (Å²) in [5.41, 5.74) is 8.47. The Morgan fingerprint density at radius 2 is 1.14 bits per heavy atom. The third-order valence-corrected chi connectivity index (χ3v) is 9.95. The fourth-order valence-electron chi connectivity index (χ4n) is 7.79. The molecule has 0 aliphatic carbocycles. The van der Waals surface area contributed by atoms with Crippen LogP contribution in [-0.4, -0.2) is 5.84 Å². The molecule has 2 aliphatic rings. The molecule has 0 radical (unpaired) electrons. The summed E-state index contributed by atoms with van der Waals surface area (Å²) in [6, 6.07) is 62.2. The molecule has 0 fully saturated rings. The topological polar surface area (TPSA) is 33.6 Å². The number of fused-ring (bicyclic) bond motifs is 3. The molecular formula is C46H34N2O. The molecule has 3 nitrogen and oxygen atoms in total. The average molecular weight is 631 g/mol. The predicted molar refractivity (Wildman–Crippen MR) is 200 cm³/mol. The fraction of sp³-hybridized carbons (Fsp3) is 0.0652. The van der Waals surface area contributed by atoms with E-state index in [0.29, 0.717) is 0 Å². The van der Waals surface area contributed by atoms with Crippen LogP contribution >= 0.6 is 0 Å². The number of aliphatic imine (C=N–C) groups is 1. The predicted octanol–water partition coefficient (Wildman–Crippen LogP) is 10.9. The van der Waals surface area contributed by atoms with Gasteiger partial charge < -0.3 is 10.1 Å². The highest BCUT2D eigenvalue weighted by Crippen LogP contribution is 2.56. The highest BCUT2D eigenvalue weighted by atomic mass is 16.5. The number of nitrogens with one attached hydrogen (secondary N) is 1. The number of ether oxygens (including phenoxy) is 1. The molecule has 0 aromatic heterocycles. The molecule has 0 spiro atoms. The summed E-state index contributed by atoms with van der Waals surface area (Å²) < 4.78 is 6.61. The van der Waals surface area contributed by atoms with E-state index in [1.54, 1.807) is 0 Å². The largest absolute Gasteiger partial charge is 0.457 e. The maximum atomic E-state index is 6.61. The standard InChI is InChI=1S/C46H34N2O/c1-3-17-33(18-4-1)41-30-31-42(48-45(47-41)36-24-15-19-32-16-7-8-22-35(32)36)37-23-9-10-25-38(37)46(34-20-5-2-6-21-34)39-26-11-13-28-43(39)49-44-29-14-12-27-40(44)46/h1-30,42H,31H2,(H,47,48). The lowest BCUT2D eigenvalue weighted by Crippen LogP contribution is -2.35. The van der Waals surface area contributed by atoms with Crippen LogP contribution in [0.5, 0.6) is 11.5 Å². The zero-order chi connectivity index (χ0) is 32.6. The Kier molecular flexibility index (Phi) is 7.17. The number of rotatable bonds is 5. The molecular weight excluding hydrogens is 597 g/mol. The van der Waals surface area contributed by atoms with Gasteiger partial charge in [-0.05, 0) is 51.6 Å². The maximum Gasteiger partial charge on any atom is 0.133 e. The summed E-state index contributed by atoms with van der Waals surface area (Å²) in [6.07, 6.45) is 3.05. The van der Waals surface area contributed by atoms with Crippen LogP contribution in [0.2, 0.25) is 0 Å². The highest BCUT2D eigenvalue weighted by molar-refractivity contribution is 6.12. The minimum absolute atomic E-state index is 0.165. The first kappa shape index (κ1) is 29.0. The van der Waals surface area contributed by atoms with Crippen LogP contribution in [0.15, 0.2) is 187 Å². The monoisotopic (exact) mass is 630 g/mol. The molecule has 7 aromatic rings. The molecule has 0 saturated heterocycles. The number of hydrogen-bond acceptors (Lipinski definition) is 3. The van der Waals surface area contributed by atoms with Crippen LogP contribution in [0.1, 0.15) is 51.4 Å². The van der Waals surface area contributed by atoms with E-state index in [9.17, 15) is 0 Å². The number of hydrogen-bond donors (Lipinski definition) is 1. The molecule has 3 heteroatoms. The van der Waals surface area contributed by atoms with E-state index in [0.717, 1.165) is 51.7 Å². The van der Waals surface area contributed by atoms with Crippen molar-refractivity contribution in [2.75, 3.05) is 0 Å². The second-order valence-electron chi connectivity index (χ2n) is 12.7. The van der Waals surface area contributed by atoms with Gasteiger partial charge in [-0.15, -0.1) is 0 Å². The van der Waals surface area contributed by atoms with Gasteiger partial charge in [0.15, 0.2) is 0 Å². The van der Waals surface area contributed by atoms with Gasteiger partial charge >= 0.3 is 0 Å². The Balaban J connectivity index is 1.32. The van der Waals surface area contributed by atoms with Crippen molar-refractivity contribution < 1.29 is 4.74 Å². The van der Waals surface area contributed by atoms with Crippen molar-refractivity contribution in [3.63, 3.8) is 0 Å². The molecule has 1 N–H and O–H groups in total. The average Bonchev–Trinajstić information content (AvgIpc) is 3.41. The molecule has 0 saturated carbocycles. The van der Waals surface area contributed by atoms with Crippen molar-refractivity contribution in [3.05, 3.63) is 221 Å². The highest BCUT2D eigenvalue weighted by Gasteiger charge is 2.46. The summed E-state index contributed by atoms with van der Waals surface area (Å²) >= 11 is 0. The third-order valence-electron chi connectivity index (χ3n) is 9.95. The lowest BCUT2D eigenvalue weighted by molar-refractivity contribution is 0.433. The van der Waals surface area contributed by atoms with Crippen LogP contribution in [0, 0.1) is 0 Å². The van der Waals surface area contributed by atoms with E-state index in [1.807, 2.05) is 0 Å². The van der Waals surface area contributed by atoms with Gasteiger partial charge in [-0.1, -0.05) is 170 Å². The number of para-hydroxylation sites is 2. The van der Waals surface area contributed by atoms with Crippen LogP contribution in [0.25, 0.3) is 16.5 Å². The van der Waals surface area contributed by atoms with Crippen molar-refractivity contribution in [1.82, 2.24) is 5.32 Å². The molecule has 2 aliphatic heterocycles. The molecule has 1 unspecified atom stereocenters. The molecule has 0 bridgehead atoms. The molecule has 7 aromatic carbocycles. The van der Waals surface area contributed by atoms with Crippen molar-refractivity contribution in [3.8, 4) is 11.5 Å². The van der Waals surface area contributed by atoms with Crippen LogP contribution in [-0.2, 0) is 5.41 Å². The molecule has 49 heavy (non-hydrogen) atoms.